The van der Waals surface area contributed by atoms with Crippen LogP contribution < -0.4 is 0 Å². The van der Waals surface area contributed by atoms with Crippen LogP contribution in [0.1, 0.15) is 12.1 Å². The molecule has 113 valence electrons. The number of hydrogen-bond acceptors (Lipinski definition) is 5. The van der Waals surface area contributed by atoms with E-state index in [1.165, 1.54) is 29.6 Å². The minimum absolute atomic E-state index is 0. The summed E-state index contributed by atoms with van der Waals surface area (Å²) in [7, 11) is -4.55. The Morgan fingerprint density at radius 2 is 2.23 bits per heavy atom. The molecule has 2 N–H and O–H groups in total. The molecule has 0 bridgehead atoms. The summed E-state index contributed by atoms with van der Waals surface area (Å²) >= 11 is 0. The van der Waals surface area contributed by atoms with Crippen molar-refractivity contribution in [1.82, 2.24) is 19.2 Å². The molecule has 22 heavy (non-hydrogen) atoms. The third-order valence-corrected chi connectivity index (χ3v) is 4.54. The number of imidazole rings is 1. The summed E-state index contributed by atoms with van der Waals surface area (Å²) in [6, 6.07) is -1.48. The molecule has 2 aliphatic heterocycles. The van der Waals surface area contributed by atoms with Gasteiger partial charge in [0.05, 0.1) is 24.3 Å². The van der Waals surface area contributed by atoms with Gasteiger partial charge in [-0.25, -0.2) is 9.29 Å². The van der Waals surface area contributed by atoms with Crippen molar-refractivity contribution in [1.29, 1.82) is 0 Å². The first-order valence-corrected chi connectivity index (χ1v) is 7.57. The average Bonchev–Trinajstić information content (AvgIpc) is 3.00. The quantitative estimate of drug-likeness (QED) is 0.305. The zero-order chi connectivity index (χ0) is 15.2. The molecule has 0 spiro atoms. The van der Waals surface area contributed by atoms with Crippen molar-refractivity contribution in [3.63, 3.8) is 0 Å². The summed E-state index contributed by atoms with van der Waals surface area (Å²) in [5.41, 5.74) is 0.638. The van der Waals surface area contributed by atoms with Gasteiger partial charge in [-0.15, -0.1) is 0 Å². The Labute approximate surface area is 148 Å². The number of β-lactam (4-membered cyclic amide) rings is 1. The van der Waals surface area contributed by atoms with Crippen molar-refractivity contribution >= 4 is 57.8 Å². The number of aromatic amines is 1. The first-order valence-electron chi connectivity index (χ1n) is 6.17. The smallest absolute Gasteiger partial charge is 0.345 e. The van der Waals surface area contributed by atoms with Crippen LogP contribution >= 0.6 is 0 Å². The number of hydrogen-bond donors (Lipinski definition) is 2. The molecule has 2 atom stereocenters. The molecule has 1 radical (unpaired) electrons. The van der Waals surface area contributed by atoms with Gasteiger partial charge in [-0.1, -0.05) is 0 Å². The number of amides is 2. The van der Waals surface area contributed by atoms with E-state index in [4.69, 9.17) is 4.55 Å². The second-order valence-electron chi connectivity index (χ2n) is 4.78. The van der Waals surface area contributed by atoms with E-state index in [1.54, 1.807) is 0 Å². The first-order chi connectivity index (χ1) is 9.89. The number of H-pyrrole nitrogens is 1. The fraction of sp³-hybridized carbons (Fsp3) is 0.364. The fourth-order valence-corrected chi connectivity index (χ4v) is 3.58. The third-order valence-electron chi connectivity index (χ3n) is 3.59. The Kier molecular flexibility index (Phi) is 4.78. The van der Waals surface area contributed by atoms with Gasteiger partial charge in [0.1, 0.15) is 6.04 Å². The summed E-state index contributed by atoms with van der Waals surface area (Å²) in [5.74, 6) is -1.16. The van der Waals surface area contributed by atoms with Gasteiger partial charge in [-0.3, -0.25) is 14.1 Å². The number of carbonyl (C=O) groups is 2. The number of nitrogens with zero attached hydrogens (tertiary/aromatic N) is 3. The number of rotatable bonds is 3. The Bertz CT molecular complexity index is 717. The maximum absolute atomic E-state index is 12.1. The van der Waals surface area contributed by atoms with Gasteiger partial charge in [0.25, 0.3) is 5.91 Å². The molecule has 2 amide bonds. The standard InChI is InChI=1S/C11H12N4O5S.Na/c16-9(2-1-7-5-12-6-13-7)14-4-3-8-10(14)11(17)15(8)21(18,19)20;/h1-2,5-6,8,10H,3-4H2,(H,12,13)(H,18,19,20);/t8-,10+;/m1./s1. The van der Waals surface area contributed by atoms with Crippen LogP contribution in [0, 0.1) is 0 Å². The summed E-state index contributed by atoms with van der Waals surface area (Å²) in [6.45, 7) is 0.263. The molecule has 3 heterocycles. The molecule has 9 nitrogen and oxygen atoms in total. The largest absolute Gasteiger partial charge is 0.362 e. The SMILES string of the molecule is O=C(C=Cc1cnc[nH]1)N1CC[C@@H]2[C@H]1C(=O)N2S(=O)(=O)O.[Na]. The van der Waals surface area contributed by atoms with Gasteiger partial charge in [0.2, 0.25) is 5.91 Å². The summed E-state index contributed by atoms with van der Waals surface area (Å²) in [5, 5.41) is 0. The van der Waals surface area contributed by atoms with Crippen molar-refractivity contribution in [2.75, 3.05) is 6.54 Å². The van der Waals surface area contributed by atoms with Crippen LogP contribution in [0.25, 0.3) is 6.08 Å². The molecule has 2 aliphatic rings. The van der Waals surface area contributed by atoms with Gasteiger partial charge in [-0.05, 0) is 12.5 Å². The van der Waals surface area contributed by atoms with E-state index in [-0.39, 0.29) is 42.0 Å². The van der Waals surface area contributed by atoms with E-state index in [0.29, 0.717) is 16.4 Å². The molecule has 0 unspecified atom stereocenters. The van der Waals surface area contributed by atoms with Crippen LogP contribution in [0.15, 0.2) is 18.6 Å². The van der Waals surface area contributed by atoms with Crippen LogP contribution in [-0.2, 0) is 19.9 Å². The molecular weight excluding hydrogens is 323 g/mol. The van der Waals surface area contributed by atoms with E-state index >= 15 is 0 Å². The topological polar surface area (TPSA) is 124 Å². The molecule has 3 rings (SSSR count). The molecule has 0 aliphatic carbocycles. The molecule has 11 heteroatoms. The van der Waals surface area contributed by atoms with Crippen LogP contribution in [-0.4, -0.2) is 92.1 Å². The molecule has 0 aromatic carbocycles. The maximum Gasteiger partial charge on any atom is 0.362 e. The third kappa shape index (κ3) is 2.84. The predicted octanol–water partition coefficient (Wildman–Crippen LogP) is -1.34. The zero-order valence-electron chi connectivity index (χ0n) is 11.7. The second-order valence-corrected chi connectivity index (χ2v) is 6.07. The van der Waals surface area contributed by atoms with Crippen LogP contribution in [0.2, 0.25) is 0 Å². The van der Waals surface area contributed by atoms with E-state index in [9.17, 15) is 18.0 Å². The Morgan fingerprint density at radius 1 is 1.50 bits per heavy atom. The first kappa shape index (κ1) is 17.2. The second kappa shape index (κ2) is 6.13. The van der Waals surface area contributed by atoms with Crippen LogP contribution in [0.3, 0.4) is 0 Å². The number of carbonyl (C=O) groups excluding carboxylic acids is 2. The zero-order valence-corrected chi connectivity index (χ0v) is 14.5. The molecular formula is C11H12N4NaO5S. The van der Waals surface area contributed by atoms with Gasteiger partial charge >= 0.3 is 10.3 Å². The van der Waals surface area contributed by atoms with E-state index in [0.717, 1.165) is 0 Å². The number of aromatic nitrogens is 2. The van der Waals surface area contributed by atoms with E-state index < -0.39 is 28.3 Å². The van der Waals surface area contributed by atoms with Crippen molar-refractivity contribution < 1.29 is 22.6 Å². The predicted molar refractivity (Wildman–Crippen MR) is 75.7 cm³/mol. The number of nitrogens with one attached hydrogen (secondary N) is 1. The fourth-order valence-electron chi connectivity index (χ4n) is 2.68. The van der Waals surface area contributed by atoms with Crippen LogP contribution in [0.5, 0.6) is 0 Å². The Hall–Kier alpha value is -1.20. The molecule has 1 aromatic heterocycles. The van der Waals surface area contributed by atoms with Gasteiger partial charge in [0.15, 0.2) is 0 Å². The monoisotopic (exact) mass is 335 g/mol. The molecule has 0 saturated carbocycles. The molecule has 2 fully saturated rings. The number of fused-ring (bicyclic) bond motifs is 1. The van der Waals surface area contributed by atoms with Crippen molar-refractivity contribution in [2.45, 2.75) is 18.5 Å². The van der Waals surface area contributed by atoms with Gasteiger partial charge < -0.3 is 9.88 Å². The normalized spacial score (nSPS) is 24.1. The number of likely N-dealkylation sites (tertiary alicyclic amines) is 1. The van der Waals surface area contributed by atoms with Gasteiger partial charge in [0, 0.05) is 42.2 Å². The van der Waals surface area contributed by atoms with Crippen molar-refractivity contribution in [2.24, 2.45) is 0 Å². The van der Waals surface area contributed by atoms with Crippen molar-refractivity contribution in [3.05, 3.63) is 24.3 Å². The minimum atomic E-state index is -4.55. The van der Waals surface area contributed by atoms with E-state index in [2.05, 4.69) is 9.97 Å². The summed E-state index contributed by atoms with van der Waals surface area (Å²) in [4.78, 5) is 31.7. The summed E-state index contributed by atoms with van der Waals surface area (Å²) < 4.78 is 31.5. The maximum atomic E-state index is 12.1. The van der Waals surface area contributed by atoms with Gasteiger partial charge in [-0.2, -0.15) is 8.42 Å². The van der Waals surface area contributed by atoms with Crippen molar-refractivity contribution in [3.8, 4) is 0 Å². The average molecular weight is 335 g/mol. The Balaban J connectivity index is 0.00000176. The van der Waals surface area contributed by atoms with E-state index in [1.807, 2.05) is 0 Å². The Morgan fingerprint density at radius 3 is 2.82 bits per heavy atom. The van der Waals surface area contributed by atoms with Crippen LogP contribution in [0.4, 0.5) is 0 Å². The minimum Gasteiger partial charge on any atom is -0.345 e. The summed E-state index contributed by atoms with van der Waals surface area (Å²) in [6.07, 6.45) is 6.13. The molecule has 1 aromatic rings. The molecule has 2 saturated heterocycles.